The molecule has 6 nitrogen and oxygen atoms in total. The van der Waals surface area contributed by atoms with E-state index in [1.165, 1.54) is 19.2 Å². The highest BCUT2D eigenvalue weighted by Gasteiger charge is 2.10. The topological polar surface area (TPSA) is 84.9 Å². The monoisotopic (exact) mass is 357 g/mol. The second-order valence-electron chi connectivity index (χ2n) is 6.07. The van der Waals surface area contributed by atoms with Crippen molar-refractivity contribution < 1.29 is 24.2 Å². The summed E-state index contributed by atoms with van der Waals surface area (Å²) in [6.45, 7) is 4.46. The second-order valence-corrected chi connectivity index (χ2v) is 6.07. The summed E-state index contributed by atoms with van der Waals surface area (Å²) in [5.41, 5.74) is 3.37. The number of carbonyl (C=O) groups excluding carboxylic acids is 1. The van der Waals surface area contributed by atoms with Gasteiger partial charge in [0.05, 0.1) is 25.2 Å². The highest BCUT2D eigenvalue weighted by Crippen LogP contribution is 2.19. The molecule has 2 rings (SSSR count). The summed E-state index contributed by atoms with van der Waals surface area (Å²) < 4.78 is 10.7. The minimum atomic E-state index is -1.06. The molecule has 0 aromatic heterocycles. The molecule has 2 aromatic rings. The molecule has 26 heavy (non-hydrogen) atoms. The van der Waals surface area contributed by atoms with Crippen molar-refractivity contribution in [3.63, 3.8) is 0 Å². The summed E-state index contributed by atoms with van der Waals surface area (Å²) in [5, 5.41) is 11.9. The van der Waals surface area contributed by atoms with Crippen LogP contribution < -0.4 is 10.1 Å². The molecule has 0 bridgehead atoms. The van der Waals surface area contributed by atoms with Gasteiger partial charge >= 0.3 is 5.97 Å². The smallest absolute Gasteiger partial charge is 0.335 e. The largest absolute Gasteiger partial charge is 0.493 e. The van der Waals surface area contributed by atoms with Crippen molar-refractivity contribution in [2.45, 2.75) is 26.9 Å². The number of hydrogen-bond donors (Lipinski definition) is 2. The van der Waals surface area contributed by atoms with Crippen molar-refractivity contribution in [2.24, 2.45) is 0 Å². The Bertz CT molecular complexity index is 801. The molecule has 0 unspecified atom stereocenters. The van der Waals surface area contributed by atoms with Gasteiger partial charge in [-0.1, -0.05) is 17.7 Å². The standard InChI is InChI=1S/C20H23NO5/c1-13-4-5-18(14(2)8-13)26-7-6-19(22)21-17-10-15(12-25-3)9-16(11-17)20(23)24/h4-5,8-11H,6-7,12H2,1-3H3,(H,21,22)(H,23,24). The number of rotatable bonds is 8. The first kappa shape index (κ1) is 19.5. The predicted molar refractivity (Wildman–Crippen MR) is 98.8 cm³/mol. The number of carboxylic acid groups (broad SMARTS) is 1. The normalized spacial score (nSPS) is 10.4. The lowest BCUT2D eigenvalue weighted by Crippen LogP contribution is -2.16. The minimum absolute atomic E-state index is 0.0985. The molecule has 6 heteroatoms. The van der Waals surface area contributed by atoms with Crippen molar-refractivity contribution in [2.75, 3.05) is 19.0 Å². The number of aryl methyl sites for hydroxylation is 2. The first-order chi connectivity index (χ1) is 12.4. The number of aromatic carboxylic acids is 1. The number of hydrogen-bond acceptors (Lipinski definition) is 4. The molecule has 0 spiro atoms. The highest BCUT2D eigenvalue weighted by atomic mass is 16.5. The summed E-state index contributed by atoms with van der Waals surface area (Å²) in [5.74, 6) is -0.559. The molecular weight excluding hydrogens is 334 g/mol. The molecule has 0 heterocycles. The van der Waals surface area contributed by atoms with Crippen LogP contribution in [0.15, 0.2) is 36.4 Å². The van der Waals surface area contributed by atoms with Crippen LogP contribution in [0.3, 0.4) is 0 Å². The number of nitrogens with one attached hydrogen (secondary N) is 1. The number of benzene rings is 2. The lowest BCUT2D eigenvalue weighted by molar-refractivity contribution is -0.116. The Labute approximate surface area is 152 Å². The zero-order chi connectivity index (χ0) is 19.1. The Hall–Kier alpha value is -2.86. The van der Waals surface area contributed by atoms with Gasteiger partial charge in [-0.05, 0) is 49.2 Å². The Morgan fingerprint density at radius 3 is 2.54 bits per heavy atom. The average Bonchev–Trinajstić information content (AvgIpc) is 2.57. The van der Waals surface area contributed by atoms with Gasteiger partial charge in [0.15, 0.2) is 0 Å². The molecule has 0 aliphatic heterocycles. The van der Waals surface area contributed by atoms with Gasteiger partial charge in [-0.25, -0.2) is 4.79 Å². The second kappa shape index (κ2) is 9.01. The molecule has 0 aliphatic carbocycles. The van der Waals surface area contributed by atoms with Crippen molar-refractivity contribution in [3.8, 4) is 5.75 Å². The average molecular weight is 357 g/mol. The number of carbonyl (C=O) groups is 2. The zero-order valence-electron chi connectivity index (χ0n) is 15.2. The molecule has 0 atom stereocenters. The van der Waals surface area contributed by atoms with Crippen LogP contribution in [0.25, 0.3) is 0 Å². The lowest BCUT2D eigenvalue weighted by atomic mass is 10.1. The summed E-state index contributed by atoms with van der Waals surface area (Å²) in [4.78, 5) is 23.3. The maximum atomic E-state index is 12.1. The van der Waals surface area contributed by atoms with Gasteiger partial charge in [-0.15, -0.1) is 0 Å². The lowest BCUT2D eigenvalue weighted by Gasteiger charge is -2.11. The minimum Gasteiger partial charge on any atom is -0.493 e. The summed E-state index contributed by atoms with van der Waals surface area (Å²) >= 11 is 0. The van der Waals surface area contributed by atoms with Crippen LogP contribution >= 0.6 is 0 Å². The van der Waals surface area contributed by atoms with Crippen molar-refractivity contribution in [1.82, 2.24) is 0 Å². The molecule has 0 saturated carbocycles. The molecular formula is C20H23NO5. The third kappa shape index (κ3) is 5.60. The number of methoxy groups -OCH3 is 1. The zero-order valence-corrected chi connectivity index (χ0v) is 15.2. The summed E-state index contributed by atoms with van der Waals surface area (Å²) in [6, 6.07) is 10.5. The highest BCUT2D eigenvalue weighted by molar-refractivity contribution is 5.94. The Morgan fingerprint density at radius 1 is 1.12 bits per heavy atom. The number of ether oxygens (including phenoxy) is 2. The van der Waals surface area contributed by atoms with Crippen molar-refractivity contribution >= 4 is 17.6 Å². The van der Waals surface area contributed by atoms with E-state index < -0.39 is 5.97 Å². The van der Waals surface area contributed by atoms with Crippen LogP contribution in [0.5, 0.6) is 5.75 Å². The fraction of sp³-hybridized carbons (Fsp3) is 0.300. The van der Waals surface area contributed by atoms with Gasteiger partial charge in [-0.2, -0.15) is 0 Å². The van der Waals surface area contributed by atoms with E-state index in [1.54, 1.807) is 6.07 Å². The molecule has 0 saturated heterocycles. The quantitative estimate of drug-likeness (QED) is 0.755. The third-order valence-corrected chi connectivity index (χ3v) is 3.75. The van der Waals surface area contributed by atoms with Crippen LogP contribution in [0.1, 0.15) is 33.5 Å². The maximum Gasteiger partial charge on any atom is 0.335 e. The fourth-order valence-electron chi connectivity index (χ4n) is 2.58. The van der Waals surface area contributed by atoms with Crippen molar-refractivity contribution in [3.05, 3.63) is 58.7 Å². The van der Waals surface area contributed by atoms with E-state index in [9.17, 15) is 14.7 Å². The molecule has 0 aliphatic rings. The summed E-state index contributed by atoms with van der Waals surface area (Å²) in [6.07, 6.45) is 0.157. The molecule has 0 fully saturated rings. The SMILES string of the molecule is COCc1cc(NC(=O)CCOc2ccc(C)cc2C)cc(C(=O)O)c1. The van der Waals surface area contributed by atoms with Gasteiger partial charge in [0, 0.05) is 12.8 Å². The van der Waals surface area contributed by atoms with Crippen LogP contribution in [0, 0.1) is 13.8 Å². The van der Waals surface area contributed by atoms with E-state index in [1.807, 2.05) is 32.0 Å². The Morgan fingerprint density at radius 2 is 1.88 bits per heavy atom. The van der Waals surface area contributed by atoms with Gasteiger partial charge in [0.2, 0.25) is 5.91 Å². The van der Waals surface area contributed by atoms with Crippen molar-refractivity contribution in [1.29, 1.82) is 0 Å². The number of anilines is 1. The van der Waals surface area contributed by atoms with E-state index in [0.717, 1.165) is 16.9 Å². The molecule has 2 N–H and O–H groups in total. The molecule has 138 valence electrons. The van der Waals surface area contributed by atoms with E-state index in [2.05, 4.69) is 5.32 Å². The first-order valence-electron chi connectivity index (χ1n) is 8.25. The van der Waals surface area contributed by atoms with Gasteiger partial charge in [0.25, 0.3) is 0 Å². The van der Waals surface area contributed by atoms with E-state index in [4.69, 9.17) is 9.47 Å². The van der Waals surface area contributed by atoms with E-state index >= 15 is 0 Å². The number of amides is 1. The Kier molecular flexibility index (Phi) is 6.74. The predicted octanol–water partition coefficient (Wildman–Crippen LogP) is 3.56. The van der Waals surface area contributed by atoms with E-state index in [0.29, 0.717) is 11.3 Å². The molecule has 0 radical (unpaired) electrons. The molecule has 2 aromatic carbocycles. The third-order valence-electron chi connectivity index (χ3n) is 3.75. The van der Waals surface area contributed by atoms with Crippen LogP contribution in [0.2, 0.25) is 0 Å². The maximum absolute atomic E-state index is 12.1. The van der Waals surface area contributed by atoms with Crippen LogP contribution in [-0.2, 0) is 16.1 Å². The van der Waals surface area contributed by atoms with Crippen LogP contribution in [-0.4, -0.2) is 30.7 Å². The summed E-state index contributed by atoms with van der Waals surface area (Å²) in [7, 11) is 1.52. The van der Waals surface area contributed by atoms with Crippen LogP contribution in [0.4, 0.5) is 5.69 Å². The number of carboxylic acids is 1. The van der Waals surface area contributed by atoms with E-state index in [-0.39, 0.29) is 31.1 Å². The fourth-order valence-corrected chi connectivity index (χ4v) is 2.58. The molecule has 1 amide bonds. The van der Waals surface area contributed by atoms with Gasteiger partial charge in [-0.3, -0.25) is 4.79 Å². The first-order valence-corrected chi connectivity index (χ1v) is 8.25. The Balaban J connectivity index is 1.95. The van der Waals surface area contributed by atoms with Gasteiger partial charge in [0.1, 0.15) is 5.75 Å². The van der Waals surface area contributed by atoms with Gasteiger partial charge < -0.3 is 19.9 Å².